The van der Waals surface area contributed by atoms with E-state index in [1.807, 2.05) is 30.3 Å². The molecule has 0 fully saturated rings. The Morgan fingerprint density at radius 2 is 1.55 bits per heavy atom. The summed E-state index contributed by atoms with van der Waals surface area (Å²) in [6, 6.07) is 15.2. The van der Waals surface area contributed by atoms with Crippen LogP contribution in [-0.4, -0.2) is 6.36 Å². The van der Waals surface area contributed by atoms with E-state index in [-0.39, 0.29) is 5.75 Å². The minimum absolute atomic E-state index is 0.225. The monoisotopic (exact) mass is 282 g/mol. The van der Waals surface area contributed by atoms with E-state index in [1.54, 1.807) is 12.1 Å². The number of ether oxygens (including phenoxy) is 1. The van der Waals surface area contributed by atoms with Crippen molar-refractivity contribution in [3.63, 3.8) is 0 Å². The highest BCUT2D eigenvalue weighted by molar-refractivity contribution is 5.41. The smallest absolute Gasteiger partial charge is 0.406 e. The van der Waals surface area contributed by atoms with Gasteiger partial charge in [-0.25, -0.2) is 5.43 Å². The summed E-state index contributed by atoms with van der Waals surface area (Å²) >= 11 is 0. The van der Waals surface area contributed by atoms with Crippen LogP contribution >= 0.6 is 0 Å². The molecule has 0 spiro atoms. The van der Waals surface area contributed by atoms with Gasteiger partial charge >= 0.3 is 6.36 Å². The Labute approximate surface area is 114 Å². The molecule has 0 aliphatic heterocycles. The van der Waals surface area contributed by atoms with Crippen molar-refractivity contribution >= 4 is 5.69 Å². The number of alkyl halides is 3. The van der Waals surface area contributed by atoms with Gasteiger partial charge in [0.2, 0.25) is 0 Å². The second kappa shape index (κ2) is 6.29. The summed E-state index contributed by atoms with van der Waals surface area (Å²) < 4.78 is 39.8. The van der Waals surface area contributed by atoms with E-state index >= 15 is 0 Å². The van der Waals surface area contributed by atoms with Crippen LogP contribution in [0.5, 0.6) is 5.75 Å². The number of hydrogen-bond acceptors (Lipinski definition) is 3. The van der Waals surface area contributed by atoms with E-state index in [1.165, 1.54) is 12.1 Å². The van der Waals surface area contributed by atoms with Crippen LogP contribution in [-0.2, 0) is 6.54 Å². The SMILES string of the molecule is FC(F)(F)Oc1ccc(CNNc2ccccc2)cc1. The lowest BCUT2D eigenvalue weighted by atomic mass is 10.2. The highest BCUT2D eigenvalue weighted by Crippen LogP contribution is 2.22. The van der Waals surface area contributed by atoms with Crippen molar-refractivity contribution in [2.24, 2.45) is 0 Å². The second-order valence-electron chi connectivity index (χ2n) is 4.04. The average molecular weight is 282 g/mol. The fourth-order valence-corrected chi connectivity index (χ4v) is 1.58. The summed E-state index contributed by atoms with van der Waals surface area (Å²) in [6.07, 6.45) is -4.66. The minimum atomic E-state index is -4.66. The highest BCUT2D eigenvalue weighted by Gasteiger charge is 2.30. The standard InChI is InChI=1S/C14H13F3N2O/c15-14(16,17)20-13-8-6-11(7-9-13)10-18-19-12-4-2-1-3-5-12/h1-9,18-19H,10H2. The summed E-state index contributed by atoms with van der Waals surface area (Å²) in [7, 11) is 0. The van der Waals surface area contributed by atoms with Crippen LogP contribution in [0, 0.1) is 0 Å². The third kappa shape index (κ3) is 4.81. The van der Waals surface area contributed by atoms with Gasteiger partial charge in [0.25, 0.3) is 0 Å². The van der Waals surface area contributed by atoms with Crippen molar-refractivity contribution in [1.82, 2.24) is 5.43 Å². The van der Waals surface area contributed by atoms with Gasteiger partial charge in [-0.2, -0.15) is 0 Å². The number of nitrogens with one attached hydrogen (secondary N) is 2. The van der Waals surface area contributed by atoms with E-state index in [4.69, 9.17) is 0 Å². The molecule has 0 aliphatic carbocycles. The van der Waals surface area contributed by atoms with Crippen molar-refractivity contribution in [2.45, 2.75) is 12.9 Å². The van der Waals surface area contributed by atoms with Gasteiger partial charge in [-0.1, -0.05) is 30.3 Å². The molecule has 0 saturated heterocycles. The van der Waals surface area contributed by atoms with Crippen LogP contribution in [0.3, 0.4) is 0 Å². The molecule has 106 valence electrons. The molecule has 0 heterocycles. The first-order chi connectivity index (χ1) is 9.53. The zero-order valence-electron chi connectivity index (χ0n) is 10.4. The first kappa shape index (κ1) is 14.2. The molecule has 0 aromatic heterocycles. The van der Waals surface area contributed by atoms with Crippen LogP contribution < -0.4 is 15.6 Å². The van der Waals surface area contributed by atoms with Crippen LogP contribution in [0.25, 0.3) is 0 Å². The molecular formula is C14H13F3N2O. The minimum Gasteiger partial charge on any atom is -0.406 e. The Bertz CT molecular complexity index is 526. The predicted octanol–water partition coefficient (Wildman–Crippen LogP) is 3.70. The quantitative estimate of drug-likeness (QED) is 0.820. The van der Waals surface area contributed by atoms with Crippen LogP contribution in [0.1, 0.15) is 5.56 Å². The number of hydrogen-bond donors (Lipinski definition) is 2. The van der Waals surface area contributed by atoms with Crippen molar-refractivity contribution in [3.05, 3.63) is 60.2 Å². The van der Waals surface area contributed by atoms with Crippen LogP contribution in [0.2, 0.25) is 0 Å². The number of anilines is 1. The largest absolute Gasteiger partial charge is 0.573 e. The van der Waals surface area contributed by atoms with E-state index in [0.29, 0.717) is 6.54 Å². The van der Waals surface area contributed by atoms with Gasteiger partial charge in [0.15, 0.2) is 0 Å². The molecule has 2 rings (SSSR count). The second-order valence-corrected chi connectivity index (χ2v) is 4.04. The first-order valence-electron chi connectivity index (χ1n) is 5.91. The van der Waals surface area contributed by atoms with Gasteiger partial charge in [0, 0.05) is 12.2 Å². The van der Waals surface area contributed by atoms with Gasteiger partial charge in [0.1, 0.15) is 5.75 Å². The molecule has 0 unspecified atom stereocenters. The Morgan fingerprint density at radius 1 is 0.900 bits per heavy atom. The summed E-state index contributed by atoms with van der Waals surface area (Å²) in [5.41, 5.74) is 7.70. The van der Waals surface area contributed by atoms with Crippen LogP contribution in [0.4, 0.5) is 18.9 Å². The molecule has 2 aromatic rings. The van der Waals surface area contributed by atoms with Crippen molar-refractivity contribution < 1.29 is 17.9 Å². The van der Waals surface area contributed by atoms with Crippen LogP contribution in [0.15, 0.2) is 54.6 Å². The van der Waals surface area contributed by atoms with Gasteiger partial charge in [-0.15, -0.1) is 13.2 Å². The van der Waals surface area contributed by atoms with Gasteiger partial charge in [-0.3, -0.25) is 0 Å². The zero-order valence-corrected chi connectivity index (χ0v) is 10.4. The lowest BCUT2D eigenvalue weighted by molar-refractivity contribution is -0.274. The molecule has 0 aliphatic rings. The van der Waals surface area contributed by atoms with Crippen molar-refractivity contribution in [2.75, 3.05) is 5.43 Å². The first-order valence-corrected chi connectivity index (χ1v) is 5.91. The Balaban J connectivity index is 1.82. The molecule has 0 bridgehead atoms. The third-order valence-electron chi connectivity index (χ3n) is 2.46. The Morgan fingerprint density at radius 3 is 2.15 bits per heavy atom. The number of rotatable bonds is 5. The summed E-state index contributed by atoms with van der Waals surface area (Å²) in [5.74, 6) is -0.225. The predicted molar refractivity (Wildman–Crippen MR) is 70.0 cm³/mol. The van der Waals surface area contributed by atoms with Crippen molar-refractivity contribution in [1.29, 1.82) is 0 Å². The van der Waals surface area contributed by atoms with E-state index in [2.05, 4.69) is 15.6 Å². The maximum atomic E-state index is 12.0. The molecule has 3 nitrogen and oxygen atoms in total. The number of halogens is 3. The Kier molecular flexibility index (Phi) is 4.47. The van der Waals surface area contributed by atoms with E-state index in [0.717, 1.165) is 11.3 Å². The summed E-state index contributed by atoms with van der Waals surface area (Å²) in [5, 5.41) is 0. The number of para-hydroxylation sites is 1. The lowest BCUT2D eigenvalue weighted by Crippen LogP contribution is -2.20. The lowest BCUT2D eigenvalue weighted by Gasteiger charge is -2.10. The normalized spacial score (nSPS) is 11.2. The molecular weight excluding hydrogens is 269 g/mol. The van der Waals surface area contributed by atoms with E-state index < -0.39 is 6.36 Å². The maximum Gasteiger partial charge on any atom is 0.573 e. The van der Waals surface area contributed by atoms with Gasteiger partial charge < -0.3 is 10.2 Å². The molecule has 0 atom stereocenters. The molecule has 2 N–H and O–H groups in total. The molecule has 6 heteroatoms. The third-order valence-corrected chi connectivity index (χ3v) is 2.46. The van der Waals surface area contributed by atoms with Crippen molar-refractivity contribution in [3.8, 4) is 5.75 Å². The fourth-order valence-electron chi connectivity index (χ4n) is 1.58. The highest BCUT2D eigenvalue weighted by atomic mass is 19.4. The maximum absolute atomic E-state index is 12.0. The van der Waals surface area contributed by atoms with E-state index in [9.17, 15) is 13.2 Å². The Hall–Kier alpha value is -2.21. The number of hydrazine groups is 1. The molecule has 2 aromatic carbocycles. The van der Waals surface area contributed by atoms with Gasteiger partial charge in [-0.05, 0) is 29.8 Å². The number of benzene rings is 2. The topological polar surface area (TPSA) is 33.3 Å². The zero-order chi connectivity index (χ0) is 14.4. The molecule has 20 heavy (non-hydrogen) atoms. The molecule has 0 radical (unpaired) electrons. The summed E-state index contributed by atoms with van der Waals surface area (Å²) in [4.78, 5) is 0. The molecule has 0 saturated carbocycles. The average Bonchev–Trinajstić information content (AvgIpc) is 2.40. The molecule has 0 amide bonds. The van der Waals surface area contributed by atoms with Gasteiger partial charge in [0.05, 0.1) is 0 Å². The fraction of sp³-hybridized carbons (Fsp3) is 0.143. The summed E-state index contributed by atoms with van der Waals surface area (Å²) in [6.45, 7) is 0.473.